The van der Waals surface area contributed by atoms with E-state index in [1.807, 2.05) is 36.4 Å². The quantitative estimate of drug-likeness (QED) is 0.526. The zero-order chi connectivity index (χ0) is 16.4. The molecule has 4 nitrogen and oxygen atoms in total. The van der Waals surface area contributed by atoms with Crippen LogP contribution in [0.1, 0.15) is 27.9 Å². The van der Waals surface area contributed by atoms with Gasteiger partial charge < -0.3 is 0 Å². The van der Waals surface area contributed by atoms with Crippen molar-refractivity contribution in [3.63, 3.8) is 0 Å². The average Bonchev–Trinajstić information content (AvgIpc) is 3.29. The molecule has 24 heavy (non-hydrogen) atoms. The van der Waals surface area contributed by atoms with Gasteiger partial charge in [0.1, 0.15) is 6.33 Å². The number of benzene rings is 2. The Morgan fingerprint density at radius 3 is 2.79 bits per heavy atom. The fraction of sp³-hybridized carbons (Fsp3) is 0.211. The van der Waals surface area contributed by atoms with Gasteiger partial charge in [-0.3, -0.25) is 4.79 Å². The van der Waals surface area contributed by atoms with Crippen molar-refractivity contribution in [3.8, 4) is 5.69 Å². The van der Waals surface area contributed by atoms with Crippen molar-refractivity contribution >= 4 is 17.5 Å². The molecule has 3 aromatic rings. The summed E-state index contributed by atoms with van der Waals surface area (Å²) in [6.45, 7) is 0. The highest BCUT2D eigenvalue weighted by molar-refractivity contribution is 7.99. The molecule has 0 N–H and O–H groups in total. The van der Waals surface area contributed by atoms with Crippen LogP contribution in [0.15, 0.2) is 60.0 Å². The molecular weight excluding hydrogens is 318 g/mol. The number of rotatable bonds is 5. The Morgan fingerprint density at radius 2 is 1.92 bits per heavy atom. The highest BCUT2D eigenvalue weighted by Crippen LogP contribution is 2.24. The first-order chi connectivity index (χ1) is 11.8. The molecule has 1 heterocycles. The van der Waals surface area contributed by atoms with Gasteiger partial charge in [-0.25, -0.2) is 9.67 Å². The molecule has 0 radical (unpaired) electrons. The third kappa shape index (κ3) is 3.12. The summed E-state index contributed by atoms with van der Waals surface area (Å²) in [7, 11) is 0. The fourth-order valence-electron chi connectivity index (χ4n) is 2.98. The van der Waals surface area contributed by atoms with Crippen LogP contribution in [0.5, 0.6) is 0 Å². The number of carbonyl (C=O) groups is 1. The van der Waals surface area contributed by atoms with Crippen molar-refractivity contribution in [2.75, 3.05) is 5.75 Å². The number of hydrogen-bond donors (Lipinski definition) is 0. The highest BCUT2D eigenvalue weighted by atomic mass is 32.2. The predicted octanol–water partition coefficient (Wildman–Crippen LogP) is 3.73. The van der Waals surface area contributed by atoms with E-state index in [4.69, 9.17) is 0 Å². The first-order valence-electron chi connectivity index (χ1n) is 8.04. The summed E-state index contributed by atoms with van der Waals surface area (Å²) in [4.78, 5) is 16.7. The Morgan fingerprint density at radius 1 is 1.08 bits per heavy atom. The minimum Gasteiger partial charge on any atom is -0.293 e. The van der Waals surface area contributed by atoms with E-state index in [0.29, 0.717) is 10.9 Å². The van der Waals surface area contributed by atoms with E-state index in [1.165, 1.54) is 29.3 Å². The molecular formula is C19H17N3OS. The fourth-order valence-corrected chi connectivity index (χ4v) is 3.67. The van der Waals surface area contributed by atoms with Gasteiger partial charge in [0, 0.05) is 5.56 Å². The number of ketones is 1. The number of nitrogens with zero attached hydrogens (tertiary/aromatic N) is 3. The first-order valence-corrected chi connectivity index (χ1v) is 9.03. The Kier molecular flexibility index (Phi) is 4.17. The smallest absolute Gasteiger partial charge is 0.209 e. The van der Waals surface area contributed by atoms with E-state index in [9.17, 15) is 4.79 Å². The van der Waals surface area contributed by atoms with E-state index in [0.717, 1.165) is 24.1 Å². The van der Waals surface area contributed by atoms with Gasteiger partial charge in [0.2, 0.25) is 5.16 Å². The van der Waals surface area contributed by atoms with Crippen LogP contribution in [0.25, 0.3) is 5.69 Å². The molecule has 0 fully saturated rings. The molecule has 0 atom stereocenters. The molecule has 1 aliphatic carbocycles. The van der Waals surface area contributed by atoms with Crippen LogP contribution in [-0.2, 0) is 12.8 Å². The lowest BCUT2D eigenvalue weighted by atomic mass is 10.0. The summed E-state index contributed by atoms with van der Waals surface area (Å²) in [6.07, 6.45) is 5.10. The minimum absolute atomic E-state index is 0.130. The normalized spacial score (nSPS) is 13.0. The van der Waals surface area contributed by atoms with Gasteiger partial charge in [0.15, 0.2) is 5.78 Å². The highest BCUT2D eigenvalue weighted by Gasteiger charge is 2.15. The Hall–Kier alpha value is -2.40. The van der Waals surface area contributed by atoms with E-state index >= 15 is 0 Å². The maximum Gasteiger partial charge on any atom is 0.209 e. The van der Waals surface area contributed by atoms with Crippen molar-refractivity contribution in [1.82, 2.24) is 14.8 Å². The molecule has 120 valence electrons. The summed E-state index contributed by atoms with van der Waals surface area (Å²) >= 11 is 1.38. The van der Waals surface area contributed by atoms with Gasteiger partial charge in [-0.1, -0.05) is 42.1 Å². The van der Waals surface area contributed by atoms with Crippen LogP contribution >= 0.6 is 11.8 Å². The average molecular weight is 335 g/mol. The number of aryl methyl sites for hydroxylation is 2. The number of hydrogen-bond acceptors (Lipinski definition) is 4. The third-order valence-electron chi connectivity index (χ3n) is 4.24. The van der Waals surface area contributed by atoms with Gasteiger partial charge in [-0.15, -0.1) is 5.10 Å². The standard InChI is InChI=1S/C19H17N3OS/c23-18(16-10-9-14-5-4-6-15(14)11-16)12-24-19-20-13-22(21-19)17-7-2-1-3-8-17/h1-3,7-11,13H,4-6,12H2. The van der Waals surface area contributed by atoms with Gasteiger partial charge in [-0.05, 0) is 48.6 Å². The molecule has 4 rings (SSSR count). The molecule has 0 bridgehead atoms. The number of fused-ring (bicyclic) bond motifs is 1. The SMILES string of the molecule is O=C(CSc1ncn(-c2ccccc2)n1)c1ccc2c(c1)CCC2. The molecule has 0 saturated heterocycles. The molecule has 2 aromatic carbocycles. The molecule has 0 unspecified atom stereocenters. The molecule has 0 spiro atoms. The summed E-state index contributed by atoms with van der Waals surface area (Å²) in [5.41, 5.74) is 4.48. The number of aromatic nitrogens is 3. The topological polar surface area (TPSA) is 47.8 Å². The van der Waals surface area contributed by atoms with Gasteiger partial charge in [0.05, 0.1) is 11.4 Å². The number of Topliss-reactive ketones (excluding diaryl/α,β-unsaturated/α-hetero) is 1. The molecule has 0 amide bonds. The molecule has 1 aliphatic rings. The maximum atomic E-state index is 12.4. The molecule has 1 aromatic heterocycles. The second kappa shape index (κ2) is 6.61. The number of para-hydroxylation sites is 1. The Balaban J connectivity index is 1.42. The van der Waals surface area contributed by atoms with Gasteiger partial charge in [-0.2, -0.15) is 0 Å². The van der Waals surface area contributed by atoms with Crippen molar-refractivity contribution < 1.29 is 4.79 Å². The second-order valence-electron chi connectivity index (χ2n) is 5.86. The van der Waals surface area contributed by atoms with Crippen molar-refractivity contribution in [3.05, 3.63) is 71.5 Å². The summed E-state index contributed by atoms with van der Waals surface area (Å²) in [6, 6.07) is 15.9. The largest absolute Gasteiger partial charge is 0.293 e. The monoisotopic (exact) mass is 335 g/mol. The zero-order valence-electron chi connectivity index (χ0n) is 13.2. The summed E-state index contributed by atoms with van der Waals surface area (Å²) in [5.74, 6) is 0.489. The van der Waals surface area contributed by atoms with Crippen LogP contribution in [0, 0.1) is 0 Å². The van der Waals surface area contributed by atoms with Gasteiger partial charge >= 0.3 is 0 Å². The van der Waals surface area contributed by atoms with Crippen LogP contribution < -0.4 is 0 Å². The molecule has 0 aliphatic heterocycles. The summed E-state index contributed by atoms with van der Waals surface area (Å²) in [5, 5.41) is 5.04. The lowest BCUT2D eigenvalue weighted by Gasteiger charge is -2.03. The van der Waals surface area contributed by atoms with Crippen LogP contribution in [-0.4, -0.2) is 26.3 Å². The van der Waals surface area contributed by atoms with Crippen molar-refractivity contribution in [1.29, 1.82) is 0 Å². The third-order valence-corrected chi connectivity index (χ3v) is 5.10. The van der Waals surface area contributed by atoms with E-state index < -0.39 is 0 Å². The predicted molar refractivity (Wildman–Crippen MR) is 94.9 cm³/mol. The zero-order valence-corrected chi connectivity index (χ0v) is 14.0. The van der Waals surface area contributed by atoms with E-state index in [1.54, 1.807) is 11.0 Å². The lowest BCUT2D eigenvalue weighted by molar-refractivity contribution is 0.102. The molecule has 0 saturated carbocycles. The van der Waals surface area contributed by atoms with E-state index in [2.05, 4.69) is 22.2 Å². The van der Waals surface area contributed by atoms with Crippen molar-refractivity contribution in [2.24, 2.45) is 0 Å². The van der Waals surface area contributed by atoms with Crippen molar-refractivity contribution in [2.45, 2.75) is 24.4 Å². The lowest BCUT2D eigenvalue weighted by Crippen LogP contribution is -2.03. The Labute approximate surface area is 144 Å². The van der Waals surface area contributed by atoms with Crippen LogP contribution in [0.2, 0.25) is 0 Å². The second-order valence-corrected chi connectivity index (χ2v) is 6.80. The van der Waals surface area contributed by atoms with Crippen LogP contribution in [0.4, 0.5) is 0 Å². The number of thioether (sulfide) groups is 1. The van der Waals surface area contributed by atoms with E-state index in [-0.39, 0.29) is 5.78 Å². The first kappa shape index (κ1) is 15.1. The maximum absolute atomic E-state index is 12.4. The van der Waals surface area contributed by atoms with Crippen LogP contribution in [0.3, 0.4) is 0 Å². The molecule has 5 heteroatoms. The Bertz CT molecular complexity index is 873. The van der Waals surface area contributed by atoms with Gasteiger partial charge in [0.25, 0.3) is 0 Å². The number of carbonyl (C=O) groups excluding carboxylic acids is 1. The summed E-state index contributed by atoms with van der Waals surface area (Å²) < 4.78 is 1.72. The minimum atomic E-state index is 0.130.